The van der Waals surface area contributed by atoms with Gasteiger partial charge in [-0.3, -0.25) is 25.0 Å². The molecule has 2 aromatic carbocycles. The lowest BCUT2D eigenvalue weighted by Crippen LogP contribution is -2.20. The number of amides is 1. The van der Waals surface area contributed by atoms with E-state index in [0.717, 1.165) is 18.2 Å². The van der Waals surface area contributed by atoms with E-state index in [1.165, 1.54) is 11.0 Å². The minimum Gasteiger partial charge on any atom is -0.267 e. The molecule has 0 saturated heterocycles. The largest absolute Gasteiger partial charge is 0.282 e. The van der Waals surface area contributed by atoms with Gasteiger partial charge in [0, 0.05) is 18.2 Å². The number of benzene rings is 2. The predicted molar refractivity (Wildman–Crippen MR) is 98.6 cm³/mol. The summed E-state index contributed by atoms with van der Waals surface area (Å²) >= 11 is 0. The van der Waals surface area contributed by atoms with Crippen molar-refractivity contribution >= 4 is 23.0 Å². The Bertz CT molecular complexity index is 1130. The van der Waals surface area contributed by atoms with Crippen LogP contribution in [-0.2, 0) is 0 Å². The van der Waals surface area contributed by atoms with Crippen LogP contribution in [0.2, 0.25) is 0 Å². The fourth-order valence-electron chi connectivity index (χ4n) is 2.39. The van der Waals surface area contributed by atoms with Crippen molar-refractivity contribution in [3.8, 4) is 5.69 Å². The minimum absolute atomic E-state index is 0.390. The third-order valence-corrected chi connectivity index (χ3v) is 3.83. The maximum atomic E-state index is 12.4. The molecule has 0 bridgehead atoms. The van der Waals surface area contributed by atoms with Gasteiger partial charge in [-0.15, -0.1) is 5.10 Å². The number of nitro groups is 2. The fraction of sp³-hybridized carbons (Fsp3) is 0.0625. The highest BCUT2D eigenvalue weighted by Crippen LogP contribution is 2.24. The molecule has 1 N–H and O–H groups in total. The van der Waals surface area contributed by atoms with E-state index in [0.29, 0.717) is 17.0 Å². The summed E-state index contributed by atoms with van der Waals surface area (Å²) in [6, 6.07) is 9.63. The van der Waals surface area contributed by atoms with Gasteiger partial charge in [0.05, 0.1) is 21.2 Å². The third kappa shape index (κ3) is 4.24. The lowest BCUT2D eigenvalue weighted by molar-refractivity contribution is -0.389. The molecular formula is C16H12N8O5. The standard InChI is InChI=1S/C16H12N8O5/c1-10(11-3-2-4-12(7-11)22-9-17-20-21-22)18-19-16(25)14-8-13(23(26)27)5-6-15(14)24(28)29/h2-9H,1H3,(H,19,25). The van der Waals surface area contributed by atoms with E-state index in [4.69, 9.17) is 0 Å². The molecule has 3 aromatic rings. The molecule has 0 fully saturated rings. The molecule has 3 rings (SSSR count). The van der Waals surface area contributed by atoms with Crippen LogP contribution in [0.15, 0.2) is 53.9 Å². The van der Waals surface area contributed by atoms with Gasteiger partial charge in [-0.25, -0.2) is 10.1 Å². The van der Waals surface area contributed by atoms with Crippen molar-refractivity contribution in [2.45, 2.75) is 6.92 Å². The Kier molecular flexibility index (Phi) is 5.30. The van der Waals surface area contributed by atoms with Gasteiger partial charge in [0.25, 0.3) is 17.3 Å². The second kappa shape index (κ2) is 7.99. The number of carbonyl (C=O) groups is 1. The SMILES string of the molecule is CC(=NNC(=O)c1cc([N+](=O)[O-])ccc1[N+](=O)[O-])c1cccc(-n2cnnn2)c1. The number of rotatable bonds is 6. The zero-order chi connectivity index (χ0) is 21.0. The van der Waals surface area contributed by atoms with Crippen LogP contribution >= 0.6 is 0 Å². The molecule has 146 valence electrons. The summed E-state index contributed by atoms with van der Waals surface area (Å²) in [5.41, 5.74) is 2.38. The highest BCUT2D eigenvalue weighted by molar-refractivity contribution is 6.02. The van der Waals surface area contributed by atoms with Gasteiger partial charge in [-0.2, -0.15) is 5.10 Å². The second-order valence-electron chi connectivity index (χ2n) is 5.66. The summed E-state index contributed by atoms with van der Waals surface area (Å²) in [5.74, 6) is -0.948. The number of nitrogens with zero attached hydrogens (tertiary/aromatic N) is 7. The lowest BCUT2D eigenvalue weighted by Gasteiger charge is -2.06. The van der Waals surface area contributed by atoms with Crippen LogP contribution in [0.25, 0.3) is 5.69 Å². The van der Waals surface area contributed by atoms with E-state index in [2.05, 4.69) is 26.1 Å². The molecule has 0 radical (unpaired) electrons. The molecular weight excluding hydrogens is 384 g/mol. The molecule has 0 spiro atoms. The van der Waals surface area contributed by atoms with Gasteiger partial charge < -0.3 is 0 Å². The lowest BCUT2D eigenvalue weighted by atomic mass is 10.1. The van der Waals surface area contributed by atoms with Gasteiger partial charge in [-0.1, -0.05) is 12.1 Å². The molecule has 0 aliphatic rings. The Morgan fingerprint density at radius 2 is 1.93 bits per heavy atom. The molecule has 0 aliphatic carbocycles. The smallest absolute Gasteiger partial charge is 0.267 e. The number of hydrogen-bond acceptors (Lipinski definition) is 9. The molecule has 0 saturated carbocycles. The van der Waals surface area contributed by atoms with E-state index in [1.807, 2.05) is 0 Å². The summed E-state index contributed by atoms with van der Waals surface area (Å²) in [5, 5.41) is 36.8. The second-order valence-corrected chi connectivity index (χ2v) is 5.66. The number of non-ortho nitro benzene ring substituents is 1. The highest BCUT2D eigenvalue weighted by Gasteiger charge is 2.23. The fourth-order valence-corrected chi connectivity index (χ4v) is 2.39. The van der Waals surface area contributed by atoms with E-state index in [1.54, 1.807) is 31.2 Å². The number of carbonyl (C=O) groups excluding carboxylic acids is 1. The van der Waals surface area contributed by atoms with E-state index < -0.39 is 32.7 Å². The van der Waals surface area contributed by atoms with Crippen molar-refractivity contribution in [2.75, 3.05) is 0 Å². The summed E-state index contributed by atoms with van der Waals surface area (Å²) in [7, 11) is 0. The monoisotopic (exact) mass is 396 g/mol. The van der Waals surface area contributed by atoms with Crippen LogP contribution in [0.3, 0.4) is 0 Å². The van der Waals surface area contributed by atoms with Gasteiger partial charge >= 0.3 is 0 Å². The van der Waals surface area contributed by atoms with E-state index in [9.17, 15) is 25.0 Å². The summed E-state index contributed by atoms with van der Waals surface area (Å²) in [6.45, 7) is 1.61. The quantitative estimate of drug-likeness (QED) is 0.372. The molecule has 1 amide bonds. The Hall–Kier alpha value is -4.55. The van der Waals surface area contributed by atoms with Gasteiger partial charge in [0.15, 0.2) is 0 Å². The van der Waals surface area contributed by atoms with Crippen LogP contribution < -0.4 is 5.43 Å². The van der Waals surface area contributed by atoms with E-state index in [-0.39, 0.29) is 0 Å². The average molecular weight is 396 g/mol. The van der Waals surface area contributed by atoms with Gasteiger partial charge in [-0.05, 0) is 35.0 Å². The molecule has 13 nitrogen and oxygen atoms in total. The summed E-state index contributed by atoms with van der Waals surface area (Å²) in [6.07, 6.45) is 1.41. The maximum absolute atomic E-state index is 12.4. The van der Waals surface area contributed by atoms with Crippen molar-refractivity contribution in [3.63, 3.8) is 0 Å². The molecule has 1 heterocycles. The molecule has 0 atom stereocenters. The maximum Gasteiger partial charge on any atom is 0.282 e. The Balaban J connectivity index is 1.85. The van der Waals surface area contributed by atoms with Crippen molar-refractivity contribution in [1.82, 2.24) is 25.6 Å². The number of nitro benzene ring substituents is 2. The Morgan fingerprint density at radius 3 is 2.59 bits per heavy atom. The zero-order valence-electron chi connectivity index (χ0n) is 14.8. The molecule has 0 aliphatic heterocycles. The first-order chi connectivity index (χ1) is 13.9. The van der Waals surface area contributed by atoms with Gasteiger partial charge in [0.2, 0.25) is 0 Å². The molecule has 0 unspecified atom stereocenters. The predicted octanol–water partition coefficient (Wildman–Crippen LogP) is 1.63. The Labute approximate surface area is 162 Å². The van der Waals surface area contributed by atoms with Crippen LogP contribution in [0.5, 0.6) is 0 Å². The van der Waals surface area contributed by atoms with Crippen molar-refractivity contribution in [2.24, 2.45) is 5.10 Å². The number of aromatic nitrogens is 4. The van der Waals surface area contributed by atoms with Crippen LogP contribution in [-0.4, -0.2) is 41.7 Å². The minimum atomic E-state index is -0.948. The zero-order valence-corrected chi connectivity index (χ0v) is 14.8. The molecule has 1 aromatic heterocycles. The summed E-state index contributed by atoms with van der Waals surface area (Å²) in [4.78, 5) is 32.8. The first-order valence-corrected chi connectivity index (χ1v) is 7.98. The molecule has 29 heavy (non-hydrogen) atoms. The first-order valence-electron chi connectivity index (χ1n) is 7.98. The normalized spacial score (nSPS) is 11.1. The molecule has 13 heteroatoms. The Morgan fingerprint density at radius 1 is 1.14 bits per heavy atom. The highest BCUT2D eigenvalue weighted by atomic mass is 16.6. The van der Waals surface area contributed by atoms with Crippen molar-refractivity contribution in [1.29, 1.82) is 0 Å². The first kappa shape index (κ1) is 19.2. The van der Waals surface area contributed by atoms with E-state index >= 15 is 0 Å². The third-order valence-electron chi connectivity index (χ3n) is 3.83. The average Bonchev–Trinajstić information content (AvgIpc) is 3.26. The van der Waals surface area contributed by atoms with Crippen molar-refractivity contribution in [3.05, 3.63) is 80.1 Å². The van der Waals surface area contributed by atoms with Crippen LogP contribution in [0, 0.1) is 20.2 Å². The number of nitrogens with one attached hydrogen (secondary N) is 1. The number of hydrogen-bond donors (Lipinski definition) is 1. The summed E-state index contributed by atoms with van der Waals surface area (Å²) < 4.78 is 1.43. The van der Waals surface area contributed by atoms with Crippen LogP contribution in [0.1, 0.15) is 22.8 Å². The number of hydrazone groups is 1. The topological polar surface area (TPSA) is 171 Å². The van der Waals surface area contributed by atoms with Crippen molar-refractivity contribution < 1.29 is 14.6 Å². The van der Waals surface area contributed by atoms with Gasteiger partial charge in [0.1, 0.15) is 11.9 Å². The van der Waals surface area contributed by atoms with Crippen LogP contribution in [0.4, 0.5) is 11.4 Å². The number of tetrazole rings is 1.